The van der Waals surface area contributed by atoms with Crippen LogP contribution in [0.25, 0.3) is 0 Å². The van der Waals surface area contributed by atoms with Crippen molar-refractivity contribution in [2.75, 3.05) is 13.1 Å². The summed E-state index contributed by atoms with van der Waals surface area (Å²) in [7, 11) is 0. The number of nitrogens with one attached hydrogen (secondary N) is 6. The van der Waals surface area contributed by atoms with Gasteiger partial charge < -0.3 is 64.4 Å². The first kappa shape index (κ1) is 53.1. The van der Waals surface area contributed by atoms with E-state index in [1.165, 1.54) is 6.92 Å². The molecule has 6 amide bonds. The number of amides is 6. The molecular formula is C37H67N9O12. The van der Waals surface area contributed by atoms with Crippen molar-refractivity contribution in [1.29, 1.82) is 0 Å². The molecule has 9 atom stereocenters. The molecule has 0 bridgehead atoms. The van der Waals surface area contributed by atoms with Gasteiger partial charge in [-0.3, -0.25) is 43.2 Å². The van der Waals surface area contributed by atoms with Crippen LogP contribution in [0.15, 0.2) is 0 Å². The Morgan fingerprint density at radius 1 is 0.483 bits per heavy atom. The highest BCUT2D eigenvalue weighted by Crippen LogP contribution is 2.13. The standard InChI is InChI=1S/C37H67N9O12/c1-6-20(3)29(40)35(55)44-26(15-17-28(49)50)33(53)42-23(12-8-10-18-38)32(52)43-24(13-9-11-19-39)34(54)46-30(21(4)7-2)36(56)45-25(14-16-27(47)48)31(51)41-22(5)37(57)58/h20-26,29-30H,6-19,38-40H2,1-5H3,(H,41,51)(H,42,53)(H,43,52)(H,44,55)(H,45,56)(H,46,54)(H,47,48)(H,49,50)(H,57,58)/t20-,21-,22-,23-,24-,25-,26-,29-,30-/m0/s1. The summed E-state index contributed by atoms with van der Waals surface area (Å²) in [6.45, 7) is 8.68. The SMILES string of the molecule is CC[C@H](C)[C@H](N)C(=O)N[C@@H](CCC(=O)O)C(=O)N[C@@H](CCCCN)C(=O)N[C@@H](CCCCN)C(=O)N[C@H](C(=O)N[C@@H](CCC(=O)O)C(=O)N[C@@H](C)C(=O)O)[C@@H](C)CC. The number of carbonyl (C=O) groups is 9. The quantitative estimate of drug-likeness (QED) is 0.0350. The van der Waals surface area contributed by atoms with Gasteiger partial charge in [0.1, 0.15) is 36.3 Å². The molecule has 15 N–H and O–H groups in total. The topological polar surface area (TPSA) is 365 Å². The van der Waals surface area contributed by atoms with E-state index in [1.807, 2.05) is 6.92 Å². The van der Waals surface area contributed by atoms with Crippen molar-refractivity contribution < 1.29 is 58.5 Å². The Hall–Kier alpha value is -4.89. The van der Waals surface area contributed by atoms with E-state index in [4.69, 9.17) is 17.2 Å². The summed E-state index contributed by atoms with van der Waals surface area (Å²) in [5.74, 6) is -9.60. The predicted octanol–water partition coefficient (Wildman–Crippen LogP) is -1.59. The lowest BCUT2D eigenvalue weighted by Crippen LogP contribution is -2.60. The van der Waals surface area contributed by atoms with Crippen LogP contribution in [0.2, 0.25) is 0 Å². The molecule has 0 aliphatic rings. The van der Waals surface area contributed by atoms with E-state index in [-0.39, 0.29) is 44.7 Å². The smallest absolute Gasteiger partial charge is 0.325 e. The first-order valence-electron chi connectivity index (χ1n) is 19.9. The van der Waals surface area contributed by atoms with Gasteiger partial charge in [0.25, 0.3) is 0 Å². The summed E-state index contributed by atoms with van der Waals surface area (Å²) in [6, 6.07) is -9.03. The second kappa shape index (κ2) is 28.5. The molecule has 0 aliphatic heterocycles. The molecule has 0 heterocycles. The molecule has 0 saturated carbocycles. The maximum absolute atomic E-state index is 13.9. The number of hydrogen-bond donors (Lipinski definition) is 12. The van der Waals surface area contributed by atoms with Crippen molar-refractivity contribution in [3.63, 3.8) is 0 Å². The Kier molecular flexibility index (Phi) is 26.1. The molecule has 21 nitrogen and oxygen atoms in total. The average molecular weight is 830 g/mol. The fourth-order valence-electron chi connectivity index (χ4n) is 5.51. The zero-order valence-corrected chi connectivity index (χ0v) is 34.3. The fourth-order valence-corrected chi connectivity index (χ4v) is 5.51. The van der Waals surface area contributed by atoms with Crippen LogP contribution in [-0.4, -0.2) is 124 Å². The van der Waals surface area contributed by atoms with E-state index in [2.05, 4.69) is 31.9 Å². The highest BCUT2D eigenvalue weighted by Gasteiger charge is 2.35. The number of rotatable bonds is 31. The molecule has 0 spiro atoms. The summed E-state index contributed by atoms with van der Waals surface area (Å²) in [4.78, 5) is 115. The minimum absolute atomic E-state index is 0.0502. The fraction of sp³-hybridized carbons (Fsp3) is 0.757. The Balaban J connectivity index is 6.50. The Morgan fingerprint density at radius 2 is 0.845 bits per heavy atom. The summed E-state index contributed by atoms with van der Waals surface area (Å²) < 4.78 is 0. The first-order valence-corrected chi connectivity index (χ1v) is 19.9. The molecule has 0 fully saturated rings. The van der Waals surface area contributed by atoms with Crippen LogP contribution >= 0.6 is 0 Å². The van der Waals surface area contributed by atoms with Crippen molar-refractivity contribution in [2.24, 2.45) is 29.0 Å². The summed E-state index contributed by atoms with van der Waals surface area (Å²) in [5.41, 5.74) is 17.4. The van der Waals surface area contributed by atoms with Gasteiger partial charge in [0.2, 0.25) is 35.4 Å². The molecule has 0 unspecified atom stereocenters. The molecule has 0 aromatic carbocycles. The van der Waals surface area contributed by atoms with Crippen LogP contribution in [-0.2, 0) is 43.2 Å². The maximum atomic E-state index is 13.9. The van der Waals surface area contributed by atoms with Gasteiger partial charge in [-0.1, -0.05) is 40.5 Å². The summed E-state index contributed by atoms with van der Waals surface area (Å²) in [6.07, 6.45) is 0.939. The Bertz CT molecular complexity index is 1380. The van der Waals surface area contributed by atoms with Gasteiger partial charge >= 0.3 is 17.9 Å². The maximum Gasteiger partial charge on any atom is 0.325 e. The molecule has 0 aliphatic carbocycles. The Labute approximate surface area is 339 Å². The highest BCUT2D eigenvalue weighted by molar-refractivity contribution is 5.97. The van der Waals surface area contributed by atoms with Crippen LogP contribution in [0.1, 0.15) is 112 Å². The molecule has 0 saturated heterocycles. The van der Waals surface area contributed by atoms with Crippen molar-refractivity contribution in [3.05, 3.63) is 0 Å². The molecular weight excluding hydrogens is 762 g/mol. The number of hydrogen-bond acceptors (Lipinski definition) is 12. The lowest BCUT2D eigenvalue weighted by molar-refractivity contribution is -0.142. The van der Waals surface area contributed by atoms with Crippen LogP contribution in [0.5, 0.6) is 0 Å². The van der Waals surface area contributed by atoms with Gasteiger partial charge in [-0.2, -0.15) is 0 Å². The number of carboxylic acids is 3. The molecule has 21 heteroatoms. The third-order valence-electron chi connectivity index (χ3n) is 9.80. The van der Waals surface area contributed by atoms with Crippen molar-refractivity contribution >= 4 is 53.4 Å². The summed E-state index contributed by atoms with van der Waals surface area (Å²) >= 11 is 0. The van der Waals surface area contributed by atoms with Gasteiger partial charge in [-0.15, -0.1) is 0 Å². The van der Waals surface area contributed by atoms with E-state index in [1.54, 1.807) is 20.8 Å². The lowest BCUT2D eigenvalue weighted by atomic mass is 9.96. The van der Waals surface area contributed by atoms with Crippen molar-refractivity contribution in [2.45, 2.75) is 154 Å². The molecule has 58 heavy (non-hydrogen) atoms. The number of carbonyl (C=O) groups excluding carboxylic acids is 6. The first-order chi connectivity index (χ1) is 27.2. The van der Waals surface area contributed by atoms with Gasteiger partial charge in [0.05, 0.1) is 6.04 Å². The third kappa shape index (κ3) is 20.5. The number of aliphatic carboxylic acids is 3. The number of nitrogens with two attached hydrogens (primary N) is 3. The van der Waals surface area contributed by atoms with E-state index >= 15 is 0 Å². The zero-order valence-electron chi connectivity index (χ0n) is 34.3. The minimum Gasteiger partial charge on any atom is -0.481 e. The lowest BCUT2D eigenvalue weighted by Gasteiger charge is -2.29. The van der Waals surface area contributed by atoms with E-state index in [0.29, 0.717) is 38.5 Å². The van der Waals surface area contributed by atoms with Crippen LogP contribution < -0.4 is 49.1 Å². The average Bonchev–Trinajstić information content (AvgIpc) is 3.17. The molecule has 0 aromatic rings. The normalized spacial score (nSPS) is 15.7. The van der Waals surface area contributed by atoms with Crippen LogP contribution in [0.4, 0.5) is 0 Å². The van der Waals surface area contributed by atoms with Gasteiger partial charge in [-0.25, -0.2) is 0 Å². The zero-order chi connectivity index (χ0) is 44.5. The molecule has 332 valence electrons. The van der Waals surface area contributed by atoms with Crippen LogP contribution in [0.3, 0.4) is 0 Å². The van der Waals surface area contributed by atoms with E-state index < -0.39 is 114 Å². The largest absolute Gasteiger partial charge is 0.481 e. The second-order valence-electron chi connectivity index (χ2n) is 14.5. The van der Waals surface area contributed by atoms with Gasteiger partial charge in [0, 0.05) is 12.8 Å². The summed E-state index contributed by atoms with van der Waals surface area (Å²) in [5, 5.41) is 42.7. The second-order valence-corrected chi connectivity index (χ2v) is 14.5. The van der Waals surface area contributed by atoms with Gasteiger partial charge in [0.15, 0.2) is 0 Å². The number of carboxylic acid groups (broad SMARTS) is 3. The van der Waals surface area contributed by atoms with Crippen molar-refractivity contribution in [1.82, 2.24) is 31.9 Å². The minimum atomic E-state index is -1.47. The van der Waals surface area contributed by atoms with E-state index in [9.17, 15) is 58.5 Å². The van der Waals surface area contributed by atoms with Gasteiger partial charge in [-0.05, 0) is 83.2 Å². The highest BCUT2D eigenvalue weighted by atomic mass is 16.4. The number of unbranched alkanes of at least 4 members (excludes halogenated alkanes) is 2. The van der Waals surface area contributed by atoms with Crippen molar-refractivity contribution in [3.8, 4) is 0 Å². The van der Waals surface area contributed by atoms with Crippen LogP contribution in [0, 0.1) is 11.8 Å². The Morgan fingerprint density at radius 3 is 1.22 bits per heavy atom. The monoisotopic (exact) mass is 829 g/mol. The molecule has 0 aromatic heterocycles. The molecule has 0 radical (unpaired) electrons. The molecule has 0 rings (SSSR count). The predicted molar refractivity (Wildman–Crippen MR) is 211 cm³/mol. The van der Waals surface area contributed by atoms with E-state index in [0.717, 1.165) is 0 Å². The third-order valence-corrected chi connectivity index (χ3v) is 9.80.